The first-order chi connectivity index (χ1) is 6.06. The summed E-state index contributed by atoms with van der Waals surface area (Å²) in [5.41, 5.74) is 0.161. The highest BCUT2D eigenvalue weighted by atomic mass is 127. The van der Waals surface area contributed by atoms with E-state index < -0.39 is 4.92 Å². The second-order valence-corrected chi connectivity index (χ2v) is 3.91. The van der Waals surface area contributed by atoms with Gasteiger partial charge in [0.1, 0.15) is 0 Å². The summed E-state index contributed by atoms with van der Waals surface area (Å²) in [6.07, 6.45) is 0. The minimum Gasteiger partial charge on any atom is -0.391 e. The van der Waals surface area contributed by atoms with Gasteiger partial charge in [0.15, 0.2) is 0 Å². The summed E-state index contributed by atoms with van der Waals surface area (Å²) in [4.78, 5) is 10.0. The topological polar surface area (TPSA) is 63.4 Å². The van der Waals surface area contributed by atoms with Crippen molar-refractivity contribution >= 4 is 39.9 Å². The fourth-order valence-electron chi connectivity index (χ4n) is 0.944. The van der Waals surface area contributed by atoms with E-state index in [1.54, 1.807) is 0 Å². The minimum absolute atomic E-state index is 0.0764. The van der Waals surface area contributed by atoms with Crippen LogP contribution in [-0.2, 0) is 6.61 Å². The lowest BCUT2D eigenvalue weighted by Crippen LogP contribution is -1.98. The molecule has 0 aliphatic heterocycles. The average molecular weight is 313 g/mol. The standard InChI is InChI=1S/C7H5ClINO3/c8-5-1-4(3-11)7(10(12)13)6(9)2-5/h1-2,11H,3H2. The summed E-state index contributed by atoms with van der Waals surface area (Å²) in [7, 11) is 0. The van der Waals surface area contributed by atoms with Gasteiger partial charge in [-0.3, -0.25) is 10.1 Å². The van der Waals surface area contributed by atoms with Gasteiger partial charge in [0.05, 0.1) is 20.7 Å². The van der Waals surface area contributed by atoms with Crippen molar-refractivity contribution in [3.05, 3.63) is 36.4 Å². The summed E-state index contributed by atoms with van der Waals surface area (Å²) in [6, 6.07) is 2.88. The SMILES string of the molecule is O=[N+]([O-])c1c(I)cc(Cl)cc1CO. The van der Waals surface area contributed by atoms with Crippen LogP contribution in [0.2, 0.25) is 5.02 Å². The molecule has 0 heterocycles. The third kappa shape index (κ3) is 2.29. The number of aliphatic hydroxyl groups excluding tert-OH is 1. The van der Waals surface area contributed by atoms with E-state index in [1.165, 1.54) is 12.1 Å². The van der Waals surface area contributed by atoms with Crippen molar-refractivity contribution in [2.75, 3.05) is 0 Å². The molecule has 0 spiro atoms. The van der Waals surface area contributed by atoms with Crippen molar-refractivity contribution in [2.24, 2.45) is 0 Å². The van der Waals surface area contributed by atoms with Crippen molar-refractivity contribution < 1.29 is 10.0 Å². The van der Waals surface area contributed by atoms with Crippen molar-refractivity contribution in [3.63, 3.8) is 0 Å². The second-order valence-electron chi connectivity index (χ2n) is 2.31. The molecule has 4 nitrogen and oxygen atoms in total. The quantitative estimate of drug-likeness (QED) is 0.518. The first-order valence-electron chi connectivity index (χ1n) is 3.29. The van der Waals surface area contributed by atoms with Crippen LogP contribution >= 0.6 is 34.2 Å². The van der Waals surface area contributed by atoms with E-state index in [9.17, 15) is 10.1 Å². The largest absolute Gasteiger partial charge is 0.391 e. The average Bonchev–Trinajstić information content (AvgIpc) is 2.01. The summed E-state index contributed by atoms with van der Waals surface area (Å²) in [5, 5.41) is 19.8. The predicted octanol–water partition coefficient (Wildman–Crippen LogP) is 2.35. The molecule has 1 rings (SSSR count). The number of benzene rings is 1. The summed E-state index contributed by atoms with van der Waals surface area (Å²) in [5.74, 6) is 0. The highest BCUT2D eigenvalue weighted by molar-refractivity contribution is 14.1. The summed E-state index contributed by atoms with van der Waals surface area (Å²) >= 11 is 7.48. The van der Waals surface area contributed by atoms with Gasteiger partial charge in [-0.2, -0.15) is 0 Å². The molecular formula is C7H5ClINO3. The lowest BCUT2D eigenvalue weighted by atomic mass is 10.2. The van der Waals surface area contributed by atoms with Gasteiger partial charge < -0.3 is 5.11 Å². The molecule has 0 aliphatic carbocycles. The molecule has 1 N–H and O–H groups in total. The van der Waals surface area contributed by atoms with Crippen LogP contribution in [0.15, 0.2) is 12.1 Å². The molecule has 0 aliphatic rings. The normalized spacial score (nSPS) is 10.1. The third-order valence-corrected chi connectivity index (χ3v) is 2.50. The van der Waals surface area contributed by atoms with Gasteiger partial charge in [0, 0.05) is 5.02 Å². The number of nitrogens with zero attached hydrogens (tertiary/aromatic N) is 1. The van der Waals surface area contributed by atoms with Gasteiger partial charge >= 0.3 is 0 Å². The van der Waals surface area contributed by atoms with E-state index in [1.807, 2.05) is 22.6 Å². The zero-order valence-electron chi connectivity index (χ0n) is 6.33. The van der Waals surface area contributed by atoms with E-state index in [0.29, 0.717) is 8.59 Å². The maximum atomic E-state index is 10.6. The molecule has 0 atom stereocenters. The predicted molar refractivity (Wildman–Crippen MR) is 56.7 cm³/mol. The Kier molecular flexibility index (Phi) is 3.46. The monoisotopic (exact) mass is 313 g/mol. The smallest absolute Gasteiger partial charge is 0.288 e. The van der Waals surface area contributed by atoms with Crippen molar-refractivity contribution in [1.29, 1.82) is 0 Å². The number of nitro groups is 1. The Balaban J connectivity index is 3.38. The Morgan fingerprint density at radius 1 is 1.62 bits per heavy atom. The highest BCUT2D eigenvalue weighted by Crippen LogP contribution is 2.29. The molecule has 0 fully saturated rings. The van der Waals surface area contributed by atoms with Gasteiger partial charge in [0.25, 0.3) is 5.69 Å². The molecule has 0 saturated heterocycles. The van der Waals surface area contributed by atoms with E-state index in [2.05, 4.69) is 0 Å². The Bertz CT molecular complexity index is 356. The number of halogens is 2. The maximum absolute atomic E-state index is 10.6. The molecule has 0 bridgehead atoms. The first kappa shape index (κ1) is 10.7. The fraction of sp³-hybridized carbons (Fsp3) is 0.143. The van der Waals surface area contributed by atoms with Gasteiger partial charge in [-0.25, -0.2) is 0 Å². The molecule has 0 aromatic heterocycles. The molecular weight excluding hydrogens is 308 g/mol. The Morgan fingerprint density at radius 2 is 2.23 bits per heavy atom. The zero-order chi connectivity index (χ0) is 10.0. The van der Waals surface area contributed by atoms with E-state index in [0.717, 1.165) is 0 Å². The second kappa shape index (κ2) is 4.21. The van der Waals surface area contributed by atoms with Crippen LogP contribution in [0.3, 0.4) is 0 Å². The summed E-state index contributed by atoms with van der Waals surface area (Å²) in [6.45, 7) is -0.382. The van der Waals surface area contributed by atoms with Crippen LogP contribution in [0.1, 0.15) is 5.56 Å². The van der Waals surface area contributed by atoms with E-state index in [-0.39, 0.29) is 17.9 Å². The maximum Gasteiger partial charge on any atom is 0.288 e. The molecule has 0 saturated carbocycles. The van der Waals surface area contributed by atoms with Gasteiger partial charge in [-0.05, 0) is 34.7 Å². The zero-order valence-corrected chi connectivity index (χ0v) is 9.24. The molecule has 0 amide bonds. The van der Waals surface area contributed by atoms with Crippen molar-refractivity contribution in [3.8, 4) is 0 Å². The highest BCUT2D eigenvalue weighted by Gasteiger charge is 2.18. The van der Waals surface area contributed by atoms with Crippen LogP contribution in [0.4, 0.5) is 5.69 Å². The number of nitro benzene ring substituents is 1. The first-order valence-corrected chi connectivity index (χ1v) is 4.75. The number of hydrogen-bond donors (Lipinski definition) is 1. The van der Waals surface area contributed by atoms with Crippen molar-refractivity contribution in [2.45, 2.75) is 6.61 Å². The van der Waals surface area contributed by atoms with Crippen LogP contribution in [-0.4, -0.2) is 10.0 Å². The van der Waals surface area contributed by atoms with Crippen LogP contribution in [0.25, 0.3) is 0 Å². The Morgan fingerprint density at radius 3 is 2.69 bits per heavy atom. The molecule has 6 heteroatoms. The fourth-order valence-corrected chi connectivity index (χ4v) is 2.25. The van der Waals surface area contributed by atoms with Gasteiger partial charge in [0.2, 0.25) is 0 Å². The number of aliphatic hydroxyl groups is 1. The van der Waals surface area contributed by atoms with E-state index in [4.69, 9.17) is 16.7 Å². The van der Waals surface area contributed by atoms with Crippen LogP contribution in [0, 0.1) is 13.7 Å². The Hall–Kier alpha value is -0.400. The van der Waals surface area contributed by atoms with Gasteiger partial charge in [-0.1, -0.05) is 11.6 Å². The lowest BCUT2D eigenvalue weighted by Gasteiger charge is -2.01. The lowest BCUT2D eigenvalue weighted by molar-refractivity contribution is -0.386. The summed E-state index contributed by atoms with van der Waals surface area (Å²) < 4.78 is 0.430. The Labute approximate surface area is 92.8 Å². The molecule has 0 radical (unpaired) electrons. The number of rotatable bonds is 2. The van der Waals surface area contributed by atoms with E-state index >= 15 is 0 Å². The molecule has 1 aromatic carbocycles. The molecule has 13 heavy (non-hydrogen) atoms. The molecule has 70 valence electrons. The van der Waals surface area contributed by atoms with Crippen LogP contribution < -0.4 is 0 Å². The minimum atomic E-state index is -0.524. The van der Waals surface area contributed by atoms with Crippen molar-refractivity contribution in [1.82, 2.24) is 0 Å². The van der Waals surface area contributed by atoms with Gasteiger partial charge in [-0.15, -0.1) is 0 Å². The molecule has 0 unspecified atom stereocenters. The molecule has 1 aromatic rings. The third-order valence-electron chi connectivity index (χ3n) is 1.46. The van der Waals surface area contributed by atoms with Crippen LogP contribution in [0.5, 0.6) is 0 Å². The number of hydrogen-bond acceptors (Lipinski definition) is 3.